The Labute approximate surface area is 171 Å². The zero-order chi connectivity index (χ0) is 20.0. The summed E-state index contributed by atoms with van der Waals surface area (Å²) in [6.07, 6.45) is 3.66. The van der Waals surface area contributed by atoms with Crippen LogP contribution in [0.2, 0.25) is 0 Å². The molecule has 0 amide bonds. The summed E-state index contributed by atoms with van der Waals surface area (Å²) in [7, 11) is -3.95. The average molecular weight is 420 g/mol. The average Bonchev–Trinajstić information content (AvgIpc) is 3.11. The van der Waals surface area contributed by atoms with Crippen LogP contribution >= 0.6 is 11.3 Å². The smallest absolute Gasteiger partial charge is 0.207 e. The van der Waals surface area contributed by atoms with Crippen molar-refractivity contribution in [2.24, 2.45) is 4.40 Å². The third-order valence-electron chi connectivity index (χ3n) is 4.80. The van der Waals surface area contributed by atoms with Crippen molar-refractivity contribution in [1.29, 1.82) is 0 Å². The number of nitrogens with zero attached hydrogens (tertiary/aromatic N) is 1. The molecule has 3 nitrogen and oxygen atoms in total. The highest BCUT2D eigenvalue weighted by molar-refractivity contribution is 7.90. The van der Waals surface area contributed by atoms with Crippen LogP contribution in [0.3, 0.4) is 0 Å². The first-order valence-corrected chi connectivity index (χ1v) is 11.2. The van der Waals surface area contributed by atoms with E-state index in [4.69, 9.17) is 0 Å². The third kappa shape index (κ3) is 3.10. The summed E-state index contributed by atoms with van der Waals surface area (Å²) in [5.41, 5.74) is 3.36. The molecule has 1 aliphatic carbocycles. The van der Waals surface area contributed by atoms with Crippen LogP contribution in [-0.4, -0.2) is 14.1 Å². The van der Waals surface area contributed by atoms with Gasteiger partial charge in [0.25, 0.3) is 10.0 Å². The molecule has 0 bridgehead atoms. The Balaban J connectivity index is 1.67. The van der Waals surface area contributed by atoms with Crippen molar-refractivity contribution >= 4 is 43.2 Å². The van der Waals surface area contributed by atoms with Gasteiger partial charge >= 0.3 is 0 Å². The van der Waals surface area contributed by atoms with Gasteiger partial charge in [0.05, 0.1) is 10.6 Å². The van der Waals surface area contributed by atoms with Crippen LogP contribution in [0.15, 0.2) is 88.2 Å². The number of hydrogen-bond donors (Lipinski definition) is 0. The van der Waals surface area contributed by atoms with Gasteiger partial charge in [-0.1, -0.05) is 48.5 Å². The molecule has 1 aliphatic rings. The van der Waals surface area contributed by atoms with Gasteiger partial charge in [0.1, 0.15) is 5.82 Å². The highest BCUT2D eigenvalue weighted by Crippen LogP contribution is 2.43. The van der Waals surface area contributed by atoms with Crippen molar-refractivity contribution in [1.82, 2.24) is 0 Å². The van der Waals surface area contributed by atoms with Gasteiger partial charge in [-0.05, 0) is 42.0 Å². The summed E-state index contributed by atoms with van der Waals surface area (Å²) in [4.78, 5) is 1.11. The van der Waals surface area contributed by atoms with Crippen molar-refractivity contribution in [2.75, 3.05) is 0 Å². The van der Waals surface area contributed by atoms with E-state index >= 15 is 0 Å². The minimum Gasteiger partial charge on any atom is -0.207 e. The van der Waals surface area contributed by atoms with Gasteiger partial charge in [0.15, 0.2) is 0 Å². The van der Waals surface area contributed by atoms with Gasteiger partial charge in [-0.15, -0.1) is 11.3 Å². The fourth-order valence-electron chi connectivity index (χ4n) is 3.47. The molecule has 0 N–H and O–H groups in total. The SMILES string of the molecule is O=S(=O)(/N=C1\C=Cc2c(-c3ccccc3)sc3cccc1c23)c1ccc(F)cc1. The van der Waals surface area contributed by atoms with E-state index in [2.05, 4.69) is 16.5 Å². The van der Waals surface area contributed by atoms with Crippen LogP contribution in [0.25, 0.3) is 26.6 Å². The van der Waals surface area contributed by atoms with Gasteiger partial charge in [0.2, 0.25) is 0 Å². The Bertz CT molecular complexity index is 1400. The van der Waals surface area contributed by atoms with Gasteiger partial charge in [0, 0.05) is 26.1 Å². The zero-order valence-electron chi connectivity index (χ0n) is 15.0. The predicted molar refractivity (Wildman–Crippen MR) is 116 cm³/mol. The highest BCUT2D eigenvalue weighted by Gasteiger charge is 2.22. The molecule has 1 heterocycles. The first-order chi connectivity index (χ1) is 14.0. The molecule has 1 aromatic heterocycles. The maximum atomic E-state index is 13.2. The lowest BCUT2D eigenvalue weighted by Crippen LogP contribution is -2.07. The minimum absolute atomic E-state index is 0.0342. The largest absolute Gasteiger partial charge is 0.282 e. The standard InChI is InChI=1S/C23H14FNO2S2/c24-16-9-11-17(12-10-16)29(26,27)25-20-14-13-19-22-18(20)7-4-8-21(22)28-23(19)15-5-2-1-3-6-15/h1-14H/b25-20+. The fourth-order valence-corrected chi connectivity index (χ4v) is 5.70. The summed E-state index contributed by atoms with van der Waals surface area (Å²) in [6.45, 7) is 0. The number of hydrogen-bond acceptors (Lipinski definition) is 3. The number of sulfonamides is 1. The van der Waals surface area contributed by atoms with E-state index in [-0.39, 0.29) is 4.90 Å². The maximum Gasteiger partial charge on any atom is 0.282 e. The van der Waals surface area contributed by atoms with Crippen molar-refractivity contribution in [3.05, 3.63) is 95.8 Å². The van der Waals surface area contributed by atoms with Crippen molar-refractivity contribution in [3.8, 4) is 10.4 Å². The van der Waals surface area contributed by atoms with Gasteiger partial charge in [-0.25, -0.2) is 4.39 Å². The number of allylic oxidation sites excluding steroid dienone is 1. The van der Waals surface area contributed by atoms with Crippen LogP contribution in [0, 0.1) is 5.82 Å². The van der Waals surface area contributed by atoms with Crippen LogP contribution in [0.1, 0.15) is 11.1 Å². The Morgan fingerprint density at radius 3 is 2.34 bits per heavy atom. The molecule has 0 aliphatic heterocycles. The second-order valence-electron chi connectivity index (χ2n) is 6.63. The van der Waals surface area contributed by atoms with Gasteiger partial charge in [-0.2, -0.15) is 12.8 Å². The monoisotopic (exact) mass is 419 g/mol. The summed E-state index contributed by atoms with van der Waals surface area (Å²) in [6, 6.07) is 20.6. The van der Waals surface area contributed by atoms with Crippen LogP contribution in [0.5, 0.6) is 0 Å². The Morgan fingerprint density at radius 1 is 0.828 bits per heavy atom. The van der Waals surface area contributed by atoms with Gasteiger partial charge < -0.3 is 0 Å². The zero-order valence-corrected chi connectivity index (χ0v) is 16.7. The van der Waals surface area contributed by atoms with E-state index < -0.39 is 15.8 Å². The maximum absolute atomic E-state index is 13.2. The molecule has 29 heavy (non-hydrogen) atoms. The molecular formula is C23H14FNO2S2. The minimum atomic E-state index is -3.95. The predicted octanol–water partition coefficient (Wildman–Crippen LogP) is 5.91. The Morgan fingerprint density at radius 2 is 1.59 bits per heavy atom. The van der Waals surface area contributed by atoms with E-state index in [1.165, 1.54) is 12.1 Å². The van der Waals surface area contributed by atoms with E-state index in [0.717, 1.165) is 43.8 Å². The van der Waals surface area contributed by atoms with E-state index in [1.807, 2.05) is 42.5 Å². The first-order valence-electron chi connectivity index (χ1n) is 8.93. The van der Waals surface area contributed by atoms with E-state index in [0.29, 0.717) is 5.71 Å². The molecule has 5 rings (SSSR count). The molecule has 6 heteroatoms. The Kier molecular flexibility index (Phi) is 4.19. The third-order valence-corrected chi connectivity index (χ3v) is 7.33. The fraction of sp³-hybridized carbons (Fsp3) is 0. The van der Waals surface area contributed by atoms with Crippen LogP contribution in [0.4, 0.5) is 4.39 Å². The van der Waals surface area contributed by atoms with Crippen LogP contribution < -0.4 is 0 Å². The molecule has 0 spiro atoms. The summed E-state index contributed by atoms with van der Waals surface area (Å²) in [5, 5.41) is 1.01. The van der Waals surface area contributed by atoms with E-state index in [1.54, 1.807) is 17.4 Å². The number of benzene rings is 3. The molecule has 0 saturated carbocycles. The Hall–Kier alpha value is -3.09. The van der Waals surface area contributed by atoms with Crippen molar-refractivity contribution in [3.63, 3.8) is 0 Å². The normalized spacial score (nSPS) is 14.6. The molecule has 0 saturated heterocycles. The number of thiophene rings is 1. The highest BCUT2D eigenvalue weighted by atomic mass is 32.2. The lowest BCUT2D eigenvalue weighted by atomic mass is 9.94. The number of rotatable bonds is 3. The quantitative estimate of drug-likeness (QED) is 0.414. The lowest BCUT2D eigenvalue weighted by molar-refractivity contribution is 0.596. The first kappa shape index (κ1) is 18.0. The second-order valence-corrected chi connectivity index (χ2v) is 9.28. The second kappa shape index (κ2) is 6.76. The topological polar surface area (TPSA) is 46.5 Å². The molecule has 4 aromatic rings. The van der Waals surface area contributed by atoms with Gasteiger partial charge in [-0.3, -0.25) is 0 Å². The molecule has 0 fully saturated rings. The lowest BCUT2D eigenvalue weighted by Gasteiger charge is -2.11. The molecule has 0 radical (unpaired) electrons. The number of halogens is 1. The summed E-state index contributed by atoms with van der Waals surface area (Å²) >= 11 is 1.68. The molecule has 142 valence electrons. The summed E-state index contributed by atoms with van der Waals surface area (Å²) < 4.78 is 43.7. The van der Waals surface area contributed by atoms with Crippen molar-refractivity contribution < 1.29 is 12.8 Å². The summed E-state index contributed by atoms with van der Waals surface area (Å²) in [5.74, 6) is -0.490. The van der Waals surface area contributed by atoms with Crippen LogP contribution in [-0.2, 0) is 10.0 Å². The van der Waals surface area contributed by atoms with E-state index in [9.17, 15) is 12.8 Å². The molecule has 3 aromatic carbocycles. The molecule has 0 atom stereocenters. The molecular weight excluding hydrogens is 405 g/mol. The molecule has 0 unspecified atom stereocenters. The van der Waals surface area contributed by atoms with Crippen molar-refractivity contribution in [2.45, 2.75) is 4.90 Å².